The Hall–Kier alpha value is -1.24. The molecular weight excluding hydrogens is 493 g/mol. The zero-order chi connectivity index (χ0) is 27.1. The minimum absolute atomic E-state index is 0.142. The highest BCUT2D eigenvalue weighted by Crippen LogP contribution is 2.42. The minimum atomic E-state index is -3.31. The summed E-state index contributed by atoms with van der Waals surface area (Å²) in [6.45, 7) is 22.2. The van der Waals surface area contributed by atoms with Crippen molar-refractivity contribution in [1.29, 1.82) is 0 Å². The number of hydrogen-bond donors (Lipinski definition) is 3. The highest BCUT2D eigenvalue weighted by atomic mass is 31.1. The second-order valence-electron chi connectivity index (χ2n) is 10.2. The molecule has 2 heterocycles. The molecule has 1 aliphatic heterocycles. The van der Waals surface area contributed by atoms with Gasteiger partial charge >= 0.3 is 13.9 Å². The van der Waals surface area contributed by atoms with E-state index in [0.717, 1.165) is 0 Å². The zero-order valence-electron chi connectivity index (χ0n) is 22.4. The number of ether oxygens (including phenoxy) is 1. The first-order chi connectivity index (χ1) is 16.1. The van der Waals surface area contributed by atoms with E-state index in [1.54, 1.807) is 11.8 Å². The molecule has 1 aromatic rings. The first-order valence-corrected chi connectivity index (χ1v) is 16.1. The van der Waals surface area contributed by atoms with Crippen LogP contribution in [-0.2, 0) is 18.3 Å². The van der Waals surface area contributed by atoms with Gasteiger partial charge in [0.25, 0.3) is 5.56 Å². The van der Waals surface area contributed by atoms with Crippen LogP contribution < -0.4 is 21.0 Å². The Balaban J connectivity index is 0.000000762. The largest absolute Gasteiger partial charge is 0.566 e. The number of rotatable bonds is 9. The van der Waals surface area contributed by atoms with Crippen LogP contribution in [0, 0.1) is 6.92 Å². The molecule has 35 heavy (non-hydrogen) atoms. The number of H-pyrrole nitrogens is 1. The van der Waals surface area contributed by atoms with E-state index in [2.05, 4.69) is 30.3 Å². The molecule has 0 bridgehead atoms. The van der Waals surface area contributed by atoms with Gasteiger partial charge in [-0.15, -0.1) is 4.52 Å². The van der Waals surface area contributed by atoms with Gasteiger partial charge in [-0.05, 0) is 50.4 Å². The van der Waals surface area contributed by atoms with E-state index in [-0.39, 0.29) is 11.5 Å². The molecule has 3 N–H and O–H groups in total. The van der Waals surface area contributed by atoms with Crippen LogP contribution in [0.3, 0.4) is 0 Å². The molecule has 0 radical (unpaired) electrons. The van der Waals surface area contributed by atoms with Gasteiger partial charge in [0.2, 0.25) is 6.29 Å². The summed E-state index contributed by atoms with van der Waals surface area (Å²) in [5.41, 5.74) is -0.859. The first kappa shape index (κ1) is 31.8. The van der Waals surface area contributed by atoms with Crippen LogP contribution in [0.25, 0.3) is 0 Å². The van der Waals surface area contributed by atoms with Crippen molar-refractivity contribution in [2.75, 3.05) is 19.6 Å². The molecule has 0 spiro atoms. The molecule has 0 aliphatic carbocycles. The standard InChI is InChI=1S/C16H27N2O8PSi.C6H15N/c1-9-8-18(15(21)17-13(9)19)11-7-10(26-28(5,6)16(2,3)4)12(24-11)14(20)25-27(22)23;1-4-7(5-2)6-3/h8,10-12,14,20H,7H2,1-6H3,(H,17,19,21);4-6H2,1-3H3/p+1/t10-,11+,12-,14?;/m0./s1. The molecule has 0 amide bonds. The Kier molecular flexibility index (Phi) is 12.1. The summed E-state index contributed by atoms with van der Waals surface area (Å²) in [5, 5.41) is 10.0. The summed E-state index contributed by atoms with van der Waals surface area (Å²) in [6.07, 6.45) is -2.91. The molecule has 5 atom stereocenters. The molecule has 2 rings (SSSR count). The Morgan fingerprint density at radius 1 is 1.29 bits per heavy atom. The van der Waals surface area contributed by atoms with Crippen molar-refractivity contribution in [3.8, 4) is 0 Å². The highest BCUT2D eigenvalue weighted by molar-refractivity contribution is 7.30. The third-order valence-corrected chi connectivity index (χ3v) is 11.7. The minimum Gasteiger partial charge on any atom is -0.566 e. The van der Waals surface area contributed by atoms with Crippen LogP contribution in [0.15, 0.2) is 15.8 Å². The summed E-state index contributed by atoms with van der Waals surface area (Å²) >= 11 is 0. The lowest BCUT2D eigenvalue weighted by Gasteiger charge is -2.39. The van der Waals surface area contributed by atoms with E-state index >= 15 is 0 Å². The monoisotopic (exact) mass is 536 g/mol. The van der Waals surface area contributed by atoms with Gasteiger partial charge in [0.15, 0.2) is 8.32 Å². The number of aliphatic hydroxyl groups is 1. The van der Waals surface area contributed by atoms with E-state index in [4.69, 9.17) is 9.16 Å². The Labute approximate surface area is 209 Å². The molecule has 1 aromatic heterocycles. The normalized spacial score (nSPS) is 22.1. The number of aryl methyl sites for hydroxylation is 1. The lowest BCUT2D eigenvalue weighted by atomic mass is 10.2. The average molecular weight is 537 g/mol. The van der Waals surface area contributed by atoms with Gasteiger partial charge in [-0.1, -0.05) is 20.8 Å². The van der Waals surface area contributed by atoms with Crippen LogP contribution in [0.2, 0.25) is 18.1 Å². The van der Waals surface area contributed by atoms with Crippen molar-refractivity contribution in [3.63, 3.8) is 0 Å². The summed E-state index contributed by atoms with van der Waals surface area (Å²) < 4.78 is 28.6. The topological polar surface area (TPSA) is 147 Å². The molecule has 1 aliphatic rings. The molecule has 1 fully saturated rings. The van der Waals surface area contributed by atoms with Gasteiger partial charge in [-0.25, -0.2) is 4.79 Å². The van der Waals surface area contributed by atoms with Crippen molar-refractivity contribution in [3.05, 3.63) is 32.6 Å². The maximum Gasteiger partial charge on any atom is 0.491 e. The fourth-order valence-electron chi connectivity index (χ4n) is 3.46. The number of nitrogens with one attached hydrogen (secondary N) is 2. The summed E-state index contributed by atoms with van der Waals surface area (Å²) in [5.74, 6) is 0. The molecule has 1 saturated heterocycles. The van der Waals surface area contributed by atoms with Gasteiger partial charge < -0.3 is 24.1 Å². The smallest absolute Gasteiger partial charge is 0.491 e. The number of nitrogens with zero attached hydrogens (tertiary/aromatic N) is 1. The third kappa shape index (κ3) is 8.98. The van der Waals surface area contributed by atoms with Crippen molar-refractivity contribution in [2.24, 2.45) is 0 Å². The van der Waals surface area contributed by atoms with Crippen LogP contribution in [0.1, 0.15) is 59.8 Å². The molecule has 11 nitrogen and oxygen atoms in total. The number of quaternary nitrogens is 1. The van der Waals surface area contributed by atoms with Gasteiger partial charge in [0.05, 0.1) is 25.7 Å². The predicted octanol–water partition coefficient (Wildman–Crippen LogP) is 0.807. The Morgan fingerprint density at radius 2 is 1.83 bits per heavy atom. The van der Waals surface area contributed by atoms with Crippen LogP contribution in [-0.4, -0.2) is 61.1 Å². The van der Waals surface area contributed by atoms with Crippen LogP contribution >= 0.6 is 8.25 Å². The second-order valence-corrected chi connectivity index (χ2v) is 15.6. The highest BCUT2D eigenvalue weighted by Gasteiger charge is 2.48. The number of hydrogen-bond acceptors (Lipinski definition) is 8. The number of aromatic amines is 1. The molecular formula is C22H43N3O8PSi+. The predicted molar refractivity (Wildman–Crippen MR) is 134 cm³/mol. The van der Waals surface area contributed by atoms with Gasteiger partial charge in [-0.3, -0.25) is 14.3 Å². The number of aromatic nitrogens is 2. The Morgan fingerprint density at radius 3 is 2.26 bits per heavy atom. The maximum atomic E-state index is 12.2. The van der Waals surface area contributed by atoms with Crippen LogP contribution in [0.5, 0.6) is 0 Å². The lowest BCUT2D eigenvalue weighted by Crippen LogP contribution is -3.11. The van der Waals surface area contributed by atoms with Crippen molar-refractivity contribution >= 4 is 16.6 Å². The van der Waals surface area contributed by atoms with Crippen LogP contribution in [0.4, 0.5) is 0 Å². The third-order valence-electron chi connectivity index (χ3n) is 6.80. The van der Waals surface area contributed by atoms with E-state index < -0.39 is 52.5 Å². The van der Waals surface area contributed by atoms with E-state index in [0.29, 0.717) is 5.56 Å². The molecule has 202 valence electrons. The molecule has 0 saturated carbocycles. The lowest BCUT2D eigenvalue weighted by molar-refractivity contribution is -0.894. The van der Waals surface area contributed by atoms with E-state index in [1.165, 1.54) is 30.4 Å². The fourth-order valence-corrected chi connectivity index (χ4v) is 5.09. The van der Waals surface area contributed by atoms with Crippen molar-refractivity contribution in [1.82, 2.24) is 9.55 Å². The van der Waals surface area contributed by atoms with E-state index in [1.807, 2.05) is 33.9 Å². The summed E-state index contributed by atoms with van der Waals surface area (Å²) in [7, 11) is -5.61. The van der Waals surface area contributed by atoms with Crippen molar-refractivity contribution in [2.45, 2.75) is 97.7 Å². The van der Waals surface area contributed by atoms with Gasteiger partial charge in [0.1, 0.15) is 12.3 Å². The first-order valence-electron chi connectivity index (χ1n) is 12.1. The summed E-state index contributed by atoms with van der Waals surface area (Å²) in [4.78, 5) is 38.6. The second kappa shape index (κ2) is 13.3. The molecule has 2 unspecified atom stereocenters. The molecule has 13 heteroatoms. The number of aliphatic hydroxyl groups excluding tert-OH is 1. The van der Waals surface area contributed by atoms with Crippen molar-refractivity contribution < 1.29 is 33.2 Å². The zero-order valence-corrected chi connectivity index (χ0v) is 24.3. The quantitative estimate of drug-likeness (QED) is 0.239. The van der Waals surface area contributed by atoms with E-state index in [9.17, 15) is 24.2 Å². The molecule has 0 aromatic carbocycles. The van der Waals surface area contributed by atoms with Gasteiger partial charge in [-0.2, -0.15) is 0 Å². The Bertz CT molecular complexity index is 936. The average Bonchev–Trinajstić information content (AvgIpc) is 3.14. The fraction of sp³-hybridized carbons (Fsp3) is 0.818. The maximum absolute atomic E-state index is 12.2. The summed E-state index contributed by atoms with van der Waals surface area (Å²) in [6, 6.07) is 0. The van der Waals surface area contributed by atoms with Gasteiger partial charge in [0, 0.05) is 18.2 Å². The SMILES string of the molecule is CC[NH+](CC)CC.Cc1cn([C@H]2C[C@H](O[Si](C)(C)C(C)(C)C)[C@@H](C(O)O[P+](=O)[O-])O2)c(=O)[nH]c1=O.